The molecule has 12 heavy (non-hydrogen) atoms. The van der Waals surface area contributed by atoms with Crippen molar-refractivity contribution < 1.29 is 4.79 Å². The van der Waals surface area contributed by atoms with Crippen LogP contribution < -0.4 is 5.32 Å². The Balaban J connectivity index is 2.38. The first-order valence-corrected chi connectivity index (χ1v) is 5.18. The molecule has 1 aliphatic carbocycles. The minimum atomic E-state index is 0.0595. The van der Waals surface area contributed by atoms with Crippen LogP contribution in [0.4, 0.5) is 0 Å². The molecule has 0 saturated heterocycles. The molecule has 70 valence electrons. The number of thiol groups is 1. The zero-order valence-corrected chi connectivity index (χ0v) is 8.60. The van der Waals surface area contributed by atoms with Gasteiger partial charge in [0.05, 0.1) is 5.75 Å². The van der Waals surface area contributed by atoms with E-state index in [0.29, 0.717) is 17.7 Å². The molecule has 0 aromatic carbocycles. The van der Waals surface area contributed by atoms with Crippen molar-refractivity contribution in [2.45, 2.75) is 32.7 Å². The highest BCUT2D eigenvalue weighted by Crippen LogP contribution is 2.30. The molecule has 0 heterocycles. The van der Waals surface area contributed by atoms with Crippen molar-refractivity contribution in [3.8, 4) is 0 Å². The summed E-state index contributed by atoms with van der Waals surface area (Å²) in [7, 11) is 0. The van der Waals surface area contributed by atoms with E-state index in [0.717, 1.165) is 12.3 Å². The van der Waals surface area contributed by atoms with E-state index in [4.69, 9.17) is 0 Å². The molecule has 1 rings (SSSR count). The Morgan fingerprint density at radius 3 is 2.58 bits per heavy atom. The Morgan fingerprint density at radius 2 is 2.17 bits per heavy atom. The summed E-state index contributed by atoms with van der Waals surface area (Å²) in [6.07, 6.45) is 2.36. The van der Waals surface area contributed by atoms with Gasteiger partial charge in [-0.05, 0) is 24.7 Å². The SMILES string of the molecule is CC1CCC(NC(=O)CS)C1C. The highest BCUT2D eigenvalue weighted by molar-refractivity contribution is 7.81. The normalized spacial score (nSPS) is 35.1. The molecule has 0 spiro atoms. The molecular formula is C9H17NOS. The van der Waals surface area contributed by atoms with Crippen LogP contribution in [0, 0.1) is 11.8 Å². The van der Waals surface area contributed by atoms with Gasteiger partial charge in [0.1, 0.15) is 0 Å². The minimum absolute atomic E-state index is 0.0595. The molecule has 1 amide bonds. The molecule has 2 nitrogen and oxygen atoms in total. The zero-order valence-electron chi connectivity index (χ0n) is 7.71. The van der Waals surface area contributed by atoms with E-state index in [1.807, 2.05) is 0 Å². The third-order valence-electron chi connectivity index (χ3n) is 2.96. The van der Waals surface area contributed by atoms with Gasteiger partial charge in [-0.1, -0.05) is 13.8 Å². The minimum Gasteiger partial charge on any atom is -0.352 e. The van der Waals surface area contributed by atoms with Gasteiger partial charge in [-0.15, -0.1) is 0 Å². The summed E-state index contributed by atoms with van der Waals surface area (Å²) in [6.45, 7) is 4.46. The second kappa shape index (κ2) is 4.17. The van der Waals surface area contributed by atoms with Crippen LogP contribution in [-0.4, -0.2) is 17.7 Å². The predicted molar refractivity (Wildman–Crippen MR) is 53.3 cm³/mol. The second-order valence-electron chi connectivity index (χ2n) is 3.75. The summed E-state index contributed by atoms with van der Waals surface area (Å²) in [5.74, 6) is 1.73. The van der Waals surface area contributed by atoms with Gasteiger partial charge in [-0.2, -0.15) is 12.6 Å². The van der Waals surface area contributed by atoms with E-state index < -0.39 is 0 Å². The zero-order chi connectivity index (χ0) is 9.14. The average molecular weight is 187 g/mol. The van der Waals surface area contributed by atoms with Gasteiger partial charge in [0.25, 0.3) is 0 Å². The number of carbonyl (C=O) groups is 1. The Hall–Kier alpha value is -0.180. The summed E-state index contributed by atoms with van der Waals surface area (Å²) < 4.78 is 0. The van der Waals surface area contributed by atoms with Crippen LogP contribution >= 0.6 is 12.6 Å². The van der Waals surface area contributed by atoms with E-state index in [1.165, 1.54) is 6.42 Å². The predicted octanol–water partition coefficient (Wildman–Crippen LogP) is 1.47. The third-order valence-corrected chi connectivity index (χ3v) is 3.24. The molecule has 3 heteroatoms. The van der Waals surface area contributed by atoms with Gasteiger partial charge < -0.3 is 5.32 Å². The monoisotopic (exact) mass is 187 g/mol. The first-order chi connectivity index (χ1) is 5.65. The molecule has 0 aliphatic heterocycles. The molecule has 0 aromatic rings. The van der Waals surface area contributed by atoms with Crippen molar-refractivity contribution in [1.82, 2.24) is 5.32 Å². The van der Waals surface area contributed by atoms with Crippen molar-refractivity contribution in [2.24, 2.45) is 11.8 Å². The van der Waals surface area contributed by atoms with Crippen LogP contribution in [0.15, 0.2) is 0 Å². The van der Waals surface area contributed by atoms with Crippen LogP contribution in [0.3, 0.4) is 0 Å². The molecule has 3 atom stereocenters. The number of nitrogens with one attached hydrogen (secondary N) is 1. The van der Waals surface area contributed by atoms with Gasteiger partial charge in [0.2, 0.25) is 5.91 Å². The molecular weight excluding hydrogens is 170 g/mol. The maximum Gasteiger partial charge on any atom is 0.229 e. The summed E-state index contributed by atoms with van der Waals surface area (Å²) in [5, 5.41) is 2.99. The van der Waals surface area contributed by atoms with Crippen LogP contribution in [0.25, 0.3) is 0 Å². The fraction of sp³-hybridized carbons (Fsp3) is 0.889. The van der Waals surface area contributed by atoms with Gasteiger partial charge in [0.15, 0.2) is 0 Å². The lowest BCUT2D eigenvalue weighted by Gasteiger charge is -2.18. The van der Waals surface area contributed by atoms with E-state index in [9.17, 15) is 4.79 Å². The van der Waals surface area contributed by atoms with Crippen LogP contribution in [0.5, 0.6) is 0 Å². The highest BCUT2D eigenvalue weighted by atomic mass is 32.1. The average Bonchev–Trinajstić information content (AvgIpc) is 2.36. The van der Waals surface area contributed by atoms with Gasteiger partial charge in [-0.3, -0.25) is 4.79 Å². The highest BCUT2D eigenvalue weighted by Gasteiger charge is 2.30. The van der Waals surface area contributed by atoms with E-state index in [1.54, 1.807) is 0 Å². The molecule has 0 aromatic heterocycles. The molecule has 3 unspecified atom stereocenters. The lowest BCUT2D eigenvalue weighted by molar-refractivity contribution is -0.119. The Bertz CT molecular complexity index is 172. The maximum atomic E-state index is 11.0. The standard InChI is InChI=1S/C9H17NOS/c1-6-3-4-8(7(6)2)10-9(11)5-12/h6-8,12H,3-5H2,1-2H3,(H,10,11). The molecule has 0 radical (unpaired) electrons. The van der Waals surface area contributed by atoms with Gasteiger partial charge in [0, 0.05) is 6.04 Å². The van der Waals surface area contributed by atoms with Gasteiger partial charge >= 0.3 is 0 Å². The topological polar surface area (TPSA) is 29.1 Å². The van der Waals surface area contributed by atoms with Crippen molar-refractivity contribution in [1.29, 1.82) is 0 Å². The lowest BCUT2D eigenvalue weighted by atomic mass is 9.98. The third kappa shape index (κ3) is 2.16. The van der Waals surface area contributed by atoms with Crippen molar-refractivity contribution >= 4 is 18.5 Å². The molecule has 1 aliphatic rings. The molecule has 0 bridgehead atoms. The largest absolute Gasteiger partial charge is 0.352 e. The van der Waals surface area contributed by atoms with Crippen molar-refractivity contribution in [3.63, 3.8) is 0 Å². The van der Waals surface area contributed by atoms with Crippen molar-refractivity contribution in [2.75, 3.05) is 5.75 Å². The first-order valence-electron chi connectivity index (χ1n) is 4.55. The van der Waals surface area contributed by atoms with Crippen LogP contribution in [-0.2, 0) is 4.79 Å². The molecule has 1 N–H and O–H groups in total. The Labute approximate surface area is 79.5 Å². The van der Waals surface area contributed by atoms with E-state index in [2.05, 4.69) is 31.8 Å². The van der Waals surface area contributed by atoms with Crippen molar-refractivity contribution in [3.05, 3.63) is 0 Å². The van der Waals surface area contributed by atoms with Crippen LogP contribution in [0.2, 0.25) is 0 Å². The number of hydrogen-bond donors (Lipinski definition) is 2. The fourth-order valence-corrected chi connectivity index (χ4v) is 1.91. The fourth-order valence-electron chi connectivity index (χ4n) is 1.82. The Kier molecular flexibility index (Phi) is 3.44. The quantitative estimate of drug-likeness (QED) is 0.630. The molecule has 1 fully saturated rings. The smallest absolute Gasteiger partial charge is 0.229 e. The van der Waals surface area contributed by atoms with E-state index >= 15 is 0 Å². The number of carbonyl (C=O) groups excluding carboxylic acids is 1. The first kappa shape index (κ1) is 9.90. The Morgan fingerprint density at radius 1 is 1.50 bits per heavy atom. The summed E-state index contributed by atoms with van der Waals surface area (Å²) >= 11 is 3.93. The maximum absolute atomic E-state index is 11.0. The number of hydrogen-bond acceptors (Lipinski definition) is 2. The number of rotatable bonds is 2. The lowest BCUT2D eigenvalue weighted by Crippen LogP contribution is -2.37. The molecule has 1 saturated carbocycles. The summed E-state index contributed by atoms with van der Waals surface area (Å²) in [4.78, 5) is 11.0. The van der Waals surface area contributed by atoms with Gasteiger partial charge in [-0.25, -0.2) is 0 Å². The second-order valence-corrected chi connectivity index (χ2v) is 4.06. The summed E-state index contributed by atoms with van der Waals surface area (Å²) in [5.41, 5.74) is 0. The number of amides is 1. The van der Waals surface area contributed by atoms with Crippen LogP contribution in [0.1, 0.15) is 26.7 Å². The summed E-state index contributed by atoms with van der Waals surface area (Å²) in [6, 6.07) is 0.389. The van der Waals surface area contributed by atoms with E-state index in [-0.39, 0.29) is 5.91 Å².